The minimum absolute atomic E-state index is 0.788. The van der Waals surface area contributed by atoms with Crippen LogP contribution in [0.4, 0.5) is 5.69 Å². The summed E-state index contributed by atoms with van der Waals surface area (Å²) in [4.78, 5) is 6.61. The van der Waals surface area contributed by atoms with Crippen LogP contribution in [0.15, 0.2) is 47.1 Å². The summed E-state index contributed by atoms with van der Waals surface area (Å²) >= 11 is 3.54. The Kier molecular flexibility index (Phi) is 4.93. The second kappa shape index (κ2) is 6.68. The smallest absolute Gasteiger partial charge is 0.0461 e. The summed E-state index contributed by atoms with van der Waals surface area (Å²) in [6.07, 6.45) is 2.79. The molecule has 1 aromatic carbocycles. The molecule has 2 N–H and O–H groups in total. The van der Waals surface area contributed by atoms with Crippen molar-refractivity contribution in [2.45, 2.75) is 13.0 Å². The van der Waals surface area contributed by atoms with Crippen molar-refractivity contribution in [2.24, 2.45) is 0 Å². The molecule has 0 aliphatic carbocycles. The minimum Gasteiger partial charge on any atom is -0.398 e. The van der Waals surface area contributed by atoms with Gasteiger partial charge >= 0.3 is 0 Å². The van der Waals surface area contributed by atoms with Gasteiger partial charge in [0.25, 0.3) is 0 Å². The molecular formula is C15H18BrN3. The summed E-state index contributed by atoms with van der Waals surface area (Å²) in [5.74, 6) is 0. The average molecular weight is 320 g/mol. The van der Waals surface area contributed by atoms with Gasteiger partial charge in [0.1, 0.15) is 0 Å². The third-order valence-electron chi connectivity index (χ3n) is 3.02. The lowest BCUT2D eigenvalue weighted by molar-refractivity contribution is 0.329. The summed E-state index contributed by atoms with van der Waals surface area (Å²) in [5.41, 5.74) is 9.01. The molecule has 4 heteroatoms. The van der Waals surface area contributed by atoms with Gasteiger partial charge in [-0.25, -0.2) is 0 Å². The molecule has 0 radical (unpaired) electrons. The number of likely N-dealkylation sites (N-methyl/N-ethyl adjacent to an activating group) is 1. The molecule has 0 bridgehead atoms. The Hall–Kier alpha value is -1.39. The molecule has 0 amide bonds. The third kappa shape index (κ3) is 4.04. The highest BCUT2D eigenvalue weighted by molar-refractivity contribution is 9.10. The maximum absolute atomic E-state index is 5.89. The van der Waals surface area contributed by atoms with Gasteiger partial charge in [0.05, 0.1) is 0 Å². The molecule has 3 nitrogen and oxygen atoms in total. The molecule has 0 spiro atoms. The van der Waals surface area contributed by atoms with Crippen LogP contribution < -0.4 is 5.73 Å². The van der Waals surface area contributed by atoms with Gasteiger partial charge in [0, 0.05) is 41.6 Å². The number of anilines is 1. The molecule has 2 rings (SSSR count). The van der Waals surface area contributed by atoms with Crippen molar-refractivity contribution in [3.63, 3.8) is 0 Å². The molecule has 0 fully saturated rings. The summed E-state index contributed by atoms with van der Waals surface area (Å²) in [7, 11) is 2.11. The Morgan fingerprint density at radius 1 is 1.21 bits per heavy atom. The van der Waals surface area contributed by atoms with Crippen molar-refractivity contribution < 1.29 is 0 Å². The lowest BCUT2D eigenvalue weighted by Crippen LogP contribution is -2.21. The number of nitrogen functional groups attached to an aromatic ring is 1. The molecular weight excluding hydrogens is 302 g/mol. The third-order valence-corrected chi connectivity index (χ3v) is 3.99. The van der Waals surface area contributed by atoms with E-state index in [0.717, 1.165) is 35.4 Å². The summed E-state index contributed by atoms with van der Waals surface area (Å²) in [6, 6.07) is 12.0. The lowest BCUT2D eigenvalue weighted by atomic mass is 10.2. The molecule has 0 aliphatic heterocycles. The van der Waals surface area contributed by atoms with Crippen LogP contribution in [0.1, 0.15) is 11.3 Å². The van der Waals surface area contributed by atoms with E-state index < -0.39 is 0 Å². The number of aromatic nitrogens is 1. The number of rotatable bonds is 5. The SMILES string of the molecule is CN(CCc1ccccn1)Cc1cccc(N)c1Br. The van der Waals surface area contributed by atoms with E-state index in [1.807, 2.05) is 30.5 Å². The first-order chi connectivity index (χ1) is 9.16. The molecule has 19 heavy (non-hydrogen) atoms. The first-order valence-electron chi connectivity index (χ1n) is 6.28. The molecule has 0 saturated carbocycles. The van der Waals surface area contributed by atoms with Gasteiger partial charge in [-0.05, 0) is 46.7 Å². The second-order valence-corrected chi connectivity index (χ2v) is 5.42. The molecule has 1 heterocycles. The van der Waals surface area contributed by atoms with E-state index in [-0.39, 0.29) is 0 Å². The number of nitrogens with two attached hydrogens (primary N) is 1. The fourth-order valence-electron chi connectivity index (χ4n) is 1.94. The van der Waals surface area contributed by atoms with E-state index in [0.29, 0.717) is 0 Å². The van der Waals surface area contributed by atoms with Crippen LogP contribution in [0.5, 0.6) is 0 Å². The molecule has 0 atom stereocenters. The highest BCUT2D eigenvalue weighted by Gasteiger charge is 2.06. The van der Waals surface area contributed by atoms with Crippen LogP contribution in [-0.2, 0) is 13.0 Å². The fraction of sp³-hybridized carbons (Fsp3) is 0.267. The van der Waals surface area contributed by atoms with E-state index >= 15 is 0 Å². The van der Waals surface area contributed by atoms with Gasteiger partial charge in [-0.3, -0.25) is 4.98 Å². The Balaban J connectivity index is 1.91. The monoisotopic (exact) mass is 319 g/mol. The van der Waals surface area contributed by atoms with Crippen LogP contribution in [0.3, 0.4) is 0 Å². The van der Waals surface area contributed by atoms with Crippen LogP contribution >= 0.6 is 15.9 Å². The Morgan fingerprint density at radius 3 is 2.79 bits per heavy atom. The Morgan fingerprint density at radius 2 is 2.05 bits per heavy atom. The van der Waals surface area contributed by atoms with Crippen LogP contribution in [-0.4, -0.2) is 23.5 Å². The van der Waals surface area contributed by atoms with Crippen LogP contribution in [0.2, 0.25) is 0 Å². The number of hydrogen-bond acceptors (Lipinski definition) is 3. The van der Waals surface area contributed by atoms with Crippen molar-refractivity contribution >= 4 is 21.6 Å². The maximum Gasteiger partial charge on any atom is 0.0461 e. The zero-order chi connectivity index (χ0) is 13.7. The van der Waals surface area contributed by atoms with E-state index in [1.54, 1.807) is 0 Å². The van der Waals surface area contributed by atoms with Gasteiger partial charge in [0.15, 0.2) is 0 Å². The number of halogens is 1. The predicted molar refractivity (Wildman–Crippen MR) is 82.8 cm³/mol. The van der Waals surface area contributed by atoms with Gasteiger partial charge in [-0.15, -0.1) is 0 Å². The molecule has 2 aromatic rings. The summed E-state index contributed by atoms with van der Waals surface area (Å²) in [6.45, 7) is 1.84. The summed E-state index contributed by atoms with van der Waals surface area (Å²) in [5, 5.41) is 0. The molecule has 100 valence electrons. The predicted octanol–water partition coefficient (Wildman–Crippen LogP) is 3.10. The fourth-order valence-corrected chi connectivity index (χ4v) is 2.33. The number of benzene rings is 1. The van der Waals surface area contributed by atoms with E-state index in [9.17, 15) is 0 Å². The van der Waals surface area contributed by atoms with Crippen molar-refractivity contribution in [3.8, 4) is 0 Å². The highest BCUT2D eigenvalue weighted by atomic mass is 79.9. The van der Waals surface area contributed by atoms with Crippen molar-refractivity contribution in [3.05, 3.63) is 58.3 Å². The van der Waals surface area contributed by atoms with E-state index in [4.69, 9.17) is 5.73 Å². The van der Waals surface area contributed by atoms with Crippen molar-refractivity contribution in [1.29, 1.82) is 0 Å². The van der Waals surface area contributed by atoms with Crippen molar-refractivity contribution in [2.75, 3.05) is 19.3 Å². The topological polar surface area (TPSA) is 42.2 Å². The number of nitrogens with zero attached hydrogens (tertiary/aromatic N) is 2. The molecule has 0 aliphatic rings. The molecule has 1 aromatic heterocycles. The normalized spacial score (nSPS) is 10.9. The van der Waals surface area contributed by atoms with Crippen LogP contribution in [0, 0.1) is 0 Å². The zero-order valence-corrected chi connectivity index (χ0v) is 12.6. The quantitative estimate of drug-likeness (QED) is 0.861. The number of hydrogen-bond donors (Lipinski definition) is 1. The first-order valence-corrected chi connectivity index (χ1v) is 7.07. The lowest BCUT2D eigenvalue weighted by Gasteiger charge is -2.17. The van der Waals surface area contributed by atoms with Gasteiger partial charge in [-0.1, -0.05) is 18.2 Å². The minimum atomic E-state index is 0.788. The Bertz CT molecular complexity index is 528. The van der Waals surface area contributed by atoms with Gasteiger partial charge in [0.2, 0.25) is 0 Å². The van der Waals surface area contributed by atoms with E-state index in [2.05, 4.69) is 45.0 Å². The highest BCUT2D eigenvalue weighted by Crippen LogP contribution is 2.24. The molecule has 0 unspecified atom stereocenters. The van der Waals surface area contributed by atoms with Crippen LogP contribution in [0.25, 0.3) is 0 Å². The second-order valence-electron chi connectivity index (χ2n) is 4.63. The average Bonchev–Trinajstić information content (AvgIpc) is 2.43. The number of pyridine rings is 1. The zero-order valence-electron chi connectivity index (χ0n) is 11.0. The summed E-state index contributed by atoms with van der Waals surface area (Å²) < 4.78 is 1.000. The Labute approximate surface area is 122 Å². The van der Waals surface area contributed by atoms with Crippen molar-refractivity contribution in [1.82, 2.24) is 9.88 Å². The van der Waals surface area contributed by atoms with Gasteiger partial charge < -0.3 is 10.6 Å². The first kappa shape index (κ1) is 14.0. The molecule has 0 saturated heterocycles. The largest absolute Gasteiger partial charge is 0.398 e. The van der Waals surface area contributed by atoms with Gasteiger partial charge in [-0.2, -0.15) is 0 Å². The maximum atomic E-state index is 5.89. The standard InChI is InChI=1S/C15H18BrN3/c1-19(10-8-13-6-2-3-9-18-13)11-12-5-4-7-14(17)15(12)16/h2-7,9H,8,10-11,17H2,1H3. The van der Waals surface area contributed by atoms with E-state index in [1.165, 1.54) is 5.56 Å².